The third-order valence-electron chi connectivity index (χ3n) is 3.58. The fourth-order valence-electron chi connectivity index (χ4n) is 2.49. The number of hydrogen-bond donors (Lipinski definition) is 3. The van der Waals surface area contributed by atoms with Gasteiger partial charge in [0.2, 0.25) is 0 Å². The largest absolute Gasteiger partial charge is 0.465 e. The minimum absolute atomic E-state index is 0.399. The quantitative estimate of drug-likeness (QED) is 0.673. The summed E-state index contributed by atoms with van der Waals surface area (Å²) < 4.78 is 0. The molecule has 23 heavy (non-hydrogen) atoms. The zero-order valence-corrected chi connectivity index (χ0v) is 12.4. The van der Waals surface area contributed by atoms with Crippen LogP contribution < -0.4 is 5.32 Å². The van der Waals surface area contributed by atoms with Gasteiger partial charge in [0.15, 0.2) is 0 Å². The maximum absolute atomic E-state index is 11.1. The molecule has 0 saturated carbocycles. The summed E-state index contributed by atoms with van der Waals surface area (Å²) in [5.41, 5.74) is 2.69. The van der Waals surface area contributed by atoms with Crippen LogP contribution in [0.15, 0.2) is 66.9 Å². The molecule has 1 atom stereocenters. The molecule has 1 amide bonds. The van der Waals surface area contributed by atoms with Crippen LogP contribution in [0.4, 0.5) is 4.79 Å². The highest BCUT2D eigenvalue weighted by molar-refractivity contribution is 5.65. The number of rotatable bonds is 5. The number of nitrogens with one attached hydrogen (secondary N) is 2. The third kappa shape index (κ3) is 3.77. The Labute approximate surface area is 134 Å². The molecule has 2 aromatic carbocycles. The molecule has 0 spiro atoms. The summed E-state index contributed by atoms with van der Waals surface area (Å²) in [6.45, 7) is 0. The van der Waals surface area contributed by atoms with E-state index in [-0.39, 0.29) is 0 Å². The highest BCUT2D eigenvalue weighted by atomic mass is 16.4. The van der Waals surface area contributed by atoms with Gasteiger partial charge in [-0.25, -0.2) is 9.78 Å². The van der Waals surface area contributed by atoms with Gasteiger partial charge in [-0.15, -0.1) is 0 Å². The monoisotopic (exact) mass is 307 g/mol. The van der Waals surface area contributed by atoms with E-state index >= 15 is 0 Å². The summed E-state index contributed by atoms with van der Waals surface area (Å²) in [6, 6.07) is 19.1. The van der Waals surface area contributed by atoms with Crippen LogP contribution in [0, 0.1) is 0 Å². The predicted molar refractivity (Wildman–Crippen MR) is 88.1 cm³/mol. The van der Waals surface area contributed by atoms with Gasteiger partial charge in [0, 0.05) is 11.8 Å². The summed E-state index contributed by atoms with van der Waals surface area (Å²) in [5, 5.41) is 11.6. The van der Waals surface area contributed by atoms with Crippen LogP contribution in [0.1, 0.15) is 17.3 Å². The number of amides is 1. The van der Waals surface area contributed by atoms with Gasteiger partial charge >= 0.3 is 6.09 Å². The number of carbonyl (C=O) groups is 1. The molecule has 116 valence electrons. The zero-order chi connectivity index (χ0) is 16.1. The van der Waals surface area contributed by atoms with Crippen molar-refractivity contribution < 1.29 is 9.90 Å². The van der Waals surface area contributed by atoms with Crippen LogP contribution in [0.3, 0.4) is 0 Å². The molecule has 3 rings (SSSR count). The van der Waals surface area contributed by atoms with Crippen LogP contribution in [0.25, 0.3) is 11.4 Å². The normalized spacial score (nSPS) is 11.8. The Bertz CT molecular complexity index is 769. The first-order chi connectivity index (χ1) is 11.2. The summed E-state index contributed by atoms with van der Waals surface area (Å²) in [5.74, 6) is 0.728. The Morgan fingerprint density at radius 1 is 1.09 bits per heavy atom. The lowest BCUT2D eigenvalue weighted by atomic mass is 10.0. The SMILES string of the molecule is O=C(O)NC(Cc1ccccc1)c1c[nH]c(-c2ccccc2)n1. The molecule has 0 aliphatic heterocycles. The van der Waals surface area contributed by atoms with Crippen LogP contribution in [-0.4, -0.2) is 21.2 Å². The Balaban J connectivity index is 1.85. The van der Waals surface area contributed by atoms with Gasteiger partial charge in [0.25, 0.3) is 0 Å². The minimum atomic E-state index is -1.06. The van der Waals surface area contributed by atoms with Gasteiger partial charge in [-0.1, -0.05) is 60.7 Å². The van der Waals surface area contributed by atoms with Crippen molar-refractivity contribution in [1.29, 1.82) is 0 Å². The molecule has 5 nitrogen and oxygen atoms in total. The number of hydrogen-bond acceptors (Lipinski definition) is 2. The molecule has 0 aliphatic rings. The lowest BCUT2D eigenvalue weighted by Gasteiger charge is -2.14. The van der Waals surface area contributed by atoms with Crippen molar-refractivity contribution in [2.75, 3.05) is 0 Å². The Kier molecular flexibility index (Phi) is 4.38. The van der Waals surface area contributed by atoms with Gasteiger partial charge in [0.1, 0.15) is 5.82 Å². The number of H-pyrrole nitrogens is 1. The predicted octanol–water partition coefficient (Wildman–Crippen LogP) is 3.63. The molecule has 0 saturated heterocycles. The van der Waals surface area contributed by atoms with E-state index in [2.05, 4.69) is 15.3 Å². The first-order valence-corrected chi connectivity index (χ1v) is 7.36. The molecule has 1 aromatic heterocycles. The average Bonchev–Trinajstić information content (AvgIpc) is 3.06. The van der Waals surface area contributed by atoms with Gasteiger partial charge in [-0.05, 0) is 12.0 Å². The lowest BCUT2D eigenvalue weighted by Crippen LogP contribution is -2.28. The standard InChI is InChI=1S/C18H17N3O2/c22-18(23)21-15(11-13-7-3-1-4-8-13)16-12-19-17(20-16)14-9-5-2-6-10-14/h1-10,12,15,21H,11H2,(H,19,20)(H,22,23). The van der Waals surface area contributed by atoms with Crippen molar-refractivity contribution in [2.24, 2.45) is 0 Å². The second kappa shape index (κ2) is 6.79. The third-order valence-corrected chi connectivity index (χ3v) is 3.58. The van der Waals surface area contributed by atoms with Crippen LogP contribution in [-0.2, 0) is 6.42 Å². The maximum atomic E-state index is 11.1. The van der Waals surface area contributed by atoms with E-state index < -0.39 is 12.1 Å². The van der Waals surface area contributed by atoms with E-state index in [0.717, 1.165) is 17.0 Å². The average molecular weight is 307 g/mol. The molecular formula is C18H17N3O2. The van der Waals surface area contributed by atoms with E-state index in [0.29, 0.717) is 12.1 Å². The first-order valence-electron chi connectivity index (χ1n) is 7.36. The van der Waals surface area contributed by atoms with E-state index in [1.165, 1.54) is 0 Å². The van der Waals surface area contributed by atoms with Crippen molar-refractivity contribution >= 4 is 6.09 Å². The van der Waals surface area contributed by atoms with E-state index in [1.807, 2.05) is 60.7 Å². The van der Waals surface area contributed by atoms with Crippen molar-refractivity contribution in [3.05, 3.63) is 78.1 Å². The summed E-state index contributed by atoms with van der Waals surface area (Å²) in [6.07, 6.45) is 1.24. The van der Waals surface area contributed by atoms with E-state index in [1.54, 1.807) is 6.20 Å². The molecule has 5 heteroatoms. The van der Waals surface area contributed by atoms with Crippen LogP contribution >= 0.6 is 0 Å². The fraction of sp³-hybridized carbons (Fsp3) is 0.111. The van der Waals surface area contributed by atoms with Gasteiger partial charge in [-0.2, -0.15) is 0 Å². The van der Waals surface area contributed by atoms with Crippen molar-refractivity contribution in [3.63, 3.8) is 0 Å². The van der Waals surface area contributed by atoms with Crippen molar-refractivity contribution in [1.82, 2.24) is 15.3 Å². The lowest BCUT2D eigenvalue weighted by molar-refractivity contribution is 0.189. The molecular weight excluding hydrogens is 290 g/mol. The molecule has 0 aliphatic carbocycles. The number of nitrogens with zero attached hydrogens (tertiary/aromatic N) is 1. The van der Waals surface area contributed by atoms with Gasteiger partial charge in [0.05, 0.1) is 11.7 Å². The highest BCUT2D eigenvalue weighted by Gasteiger charge is 2.18. The molecule has 0 fully saturated rings. The minimum Gasteiger partial charge on any atom is -0.465 e. The molecule has 3 aromatic rings. The smallest absolute Gasteiger partial charge is 0.405 e. The Morgan fingerprint density at radius 2 is 1.74 bits per heavy atom. The Morgan fingerprint density at radius 3 is 2.39 bits per heavy atom. The fourth-order valence-corrected chi connectivity index (χ4v) is 2.49. The number of imidazole rings is 1. The topological polar surface area (TPSA) is 78.0 Å². The second-order valence-electron chi connectivity index (χ2n) is 5.23. The molecule has 0 radical (unpaired) electrons. The maximum Gasteiger partial charge on any atom is 0.405 e. The van der Waals surface area contributed by atoms with Gasteiger partial charge in [-0.3, -0.25) is 0 Å². The van der Waals surface area contributed by atoms with Crippen LogP contribution in [0.2, 0.25) is 0 Å². The number of carboxylic acid groups (broad SMARTS) is 1. The van der Waals surface area contributed by atoms with Gasteiger partial charge < -0.3 is 15.4 Å². The number of benzene rings is 2. The second-order valence-corrected chi connectivity index (χ2v) is 5.23. The van der Waals surface area contributed by atoms with Crippen molar-refractivity contribution in [2.45, 2.75) is 12.5 Å². The zero-order valence-electron chi connectivity index (χ0n) is 12.4. The Hall–Kier alpha value is -3.08. The number of aromatic nitrogens is 2. The molecule has 1 heterocycles. The highest BCUT2D eigenvalue weighted by Crippen LogP contribution is 2.21. The molecule has 1 unspecified atom stereocenters. The van der Waals surface area contributed by atoms with Crippen LogP contribution in [0.5, 0.6) is 0 Å². The molecule has 3 N–H and O–H groups in total. The van der Waals surface area contributed by atoms with Crippen molar-refractivity contribution in [3.8, 4) is 11.4 Å². The first kappa shape index (κ1) is 14.8. The summed E-state index contributed by atoms with van der Waals surface area (Å²) in [7, 11) is 0. The van der Waals surface area contributed by atoms with E-state index in [9.17, 15) is 4.79 Å². The summed E-state index contributed by atoms with van der Waals surface area (Å²) in [4.78, 5) is 18.8. The number of aromatic amines is 1. The van der Waals surface area contributed by atoms with E-state index in [4.69, 9.17) is 5.11 Å². The summed E-state index contributed by atoms with van der Waals surface area (Å²) >= 11 is 0. The molecule has 0 bridgehead atoms.